The summed E-state index contributed by atoms with van der Waals surface area (Å²) < 4.78 is 3.05. The molecule has 0 aliphatic heterocycles. The minimum absolute atomic E-state index is 0.0570. The molecule has 0 spiro atoms. The molecule has 0 radical (unpaired) electrons. The average Bonchev–Trinajstić information content (AvgIpc) is 2.94. The molecule has 1 amide bonds. The number of hydrogen-bond acceptors (Lipinski definition) is 4. The Morgan fingerprint density at radius 2 is 1.67 bits per heavy atom. The van der Waals surface area contributed by atoms with E-state index in [1.807, 2.05) is 62.3 Å². The van der Waals surface area contributed by atoms with Gasteiger partial charge in [0, 0.05) is 17.5 Å². The number of aromatic nitrogens is 4. The van der Waals surface area contributed by atoms with Gasteiger partial charge < -0.3 is 4.90 Å². The predicted molar refractivity (Wildman–Crippen MR) is 108 cm³/mol. The van der Waals surface area contributed by atoms with E-state index in [1.54, 1.807) is 15.8 Å². The number of rotatable bonds is 5. The monoisotopic (exact) mass is 375 g/mol. The van der Waals surface area contributed by atoms with Crippen molar-refractivity contribution in [2.24, 2.45) is 0 Å². The van der Waals surface area contributed by atoms with Crippen molar-refractivity contribution in [3.8, 4) is 0 Å². The third-order valence-corrected chi connectivity index (χ3v) is 4.58. The van der Waals surface area contributed by atoms with Crippen molar-refractivity contribution in [3.63, 3.8) is 0 Å². The summed E-state index contributed by atoms with van der Waals surface area (Å²) in [6.45, 7) is 17.9. The van der Waals surface area contributed by atoms with E-state index in [9.17, 15) is 9.59 Å². The summed E-state index contributed by atoms with van der Waals surface area (Å²) in [5.74, 6) is 0.00357. The summed E-state index contributed by atoms with van der Waals surface area (Å²) >= 11 is 0. The molecule has 0 unspecified atom stereocenters. The Hall–Kier alpha value is -2.18. The van der Waals surface area contributed by atoms with Gasteiger partial charge in [-0.2, -0.15) is 10.2 Å². The Morgan fingerprint density at radius 1 is 1.11 bits per heavy atom. The van der Waals surface area contributed by atoms with Crippen molar-refractivity contribution < 1.29 is 4.79 Å². The first-order valence-electron chi connectivity index (χ1n) is 9.66. The van der Waals surface area contributed by atoms with E-state index in [0.29, 0.717) is 5.52 Å². The van der Waals surface area contributed by atoms with Crippen LogP contribution in [-0.4, -0.2) is 42.5 Å². The lowest BCUT2D eigenvalue weighted by atomic mass is 10.1. The number of nitrogens with zero attached hydrogens (tertiary/aromatic N) is 5. The van der Waals surface area contributed by atoms with Gasteiger partial charge in [0.2, 0.25) is 5.91 Å². The van der Waals surface area contributed by atoms with Gasteiger partial charge in [-0.05, 0) is 54.4 Å². The van der Waals surface area contributed by atoms with Crippen molar-refractivity contribution in [2.75, 3.05) is 0 Å². The van der Waals surface area contributed by atoms with Crippen LogP contribution < -0.4 is 5.56 Å². The fourth-order valence-electron chi connectivity index (χ4n) is 3.52. The quantitative estimate of drug-likeness (QED) is 0.805. The zero-order valence-electron chi connectivity index (χ0n) is 18.1. The van der Waals surface area contributed by atoms with Gasteiger partial charge in [0.15, 0.2) is 0 Å². The molecular formula is C20H33N5O2. The van der Waals surface area contributed by atoms with Gasteiger partial charge in [0.1, 0.15) is 12.1 Å². The Morgan fingerprint density at radius 3 is 2.11 bits per heavy atom. The third-order valence-electron chi connectivity index (χ3n) is 4.58. The normalized spacial score (nSPS) is 12.6. The van der Waals surface area contributed by atoms with Gasteiger partial charge in [0.05, 0.1) is 17.4 Å². The minimum atomic E-state index is -0.347. The Kier molecular flexibility index (Phi) is 5.82. The maximum absolute atomic E-state index is 13.2. The fourth-order valence-corrected chi connectivity index (χ4v) is 3.52. The first kappa shape index (κ1) is 21.1. The highest BCUT2D eigenvalue weighted by atomic mass is 16.2. The fraction of sp³-hybridized carbons (Fsp3) is 0.700. The molecule has 0 bridgehead atoms. The number of fused-ring (bicyclic) bond motifs is 1. The number of amides is 1. The molecule has 0 saturated carbocycles. The summed E-state index contributed by atoms with van der Waals surface area (Å²) in [4.78, 5) is 27.9. The van der Waals surface area contributed by atoms with E-state index in [2.05, 4.69) is 10.2 Å². The van der Waals surface area contributed by atoms with E-state index in [4.69, 9.17) is 0 Å². The molecular weight excluding hydrogens is 342 g/mol. The summed E-state index contributed by atoms with van der Waals surface area (Å²) in [5, 5.41) is 9.75. The summed E-state index contributed by atoms with van der Waals surface area (Å²) in [6.07, 6.45) is 1.71. The first-order valence-corrected chi connectivity index (χ1v) is 9.66. The van der Waals surface area contributed by atoms with E-state index >= 15 is 0 Å². The summed E-state index contributed by atoms with van der Waals surface area (Å²) in [6, 6.07) is 0.114. The number of carbonyl (C=O) groups excluding carboxylic acids is 1. The van der Waals surface area contributed by atoms with E-state index in [-0.39, 0.29) is 41.6 Å². The van der Waals surface area contributed by atoms with Crippen molar-refractivity contribution >= 4 is 16.8 Å². The lowest BCUT2D eigenvalue weighted by molar-refractivity contribution is -0.135. The third kappa shape index (κ3) is 4.06. The van der Waals surface area contributed by atoms with Gasteiger partial charge >= 0.3 is 0 Å². The SMILES string of the molecule is CC(C)c1nn(CC(=O)N(C(C)C)C(C)C)c(=O)c2c1cnn2C(C)(C)C. The minimum Gasteiger partial charge on any atom is -0.336 e. The van der Waals surface area contributed by atoms with Crippen LogP contribution in [0.2, 0.25) is 0 Å². The van der Waals surface area contributed by atoms with Crippen LogP contribution in [0.3, 0.4) is 0 Å². The Bertz CT molecular complexity index is 876. The predicted octanol–water partition coefficient (Wildman–Crippen LogP) is 3.12. The molecule has 2 heterocycles. The molecule has 0 aromatic carbocycles. The van der Waals surface area contributed by atoms with Crippen LogP contribution in [0.4, 0.5) is 0 Å². The standard InChI is InChI=1S/C20H33N5O2/c1-12(2)17-15-10-21-25(20(7,8)9)18(15)19(27)23(22-17)11-16(26)24(13(3)4)14(5)6/h10,12-14H,11H2,1-9H3. The molecule has 0 aliphatic rings. The van der Waals surface area contributed by atoms with Crippen LogP contribution in [0.25, 0.3) is 10.9 Å². The molecule has 0 N–H and O–H groups in total. The topological polar surface area (TPSA) is 73.0 Å². The van der Waals surface area contributed by atoms with Crippen molar-refractivity contribution in [1.29, 1.82) is 0 Å². The molecule has 0 aliphatic carbocycles. The van der Waals surface area contributed by atoms with Crippen LogP contribution in [0, 0.1) is 0 Å². The smallest absolute Gasteiger partial charge is 0.293 e. The van der Waals surface area contributed by atoms with E-state index in [0.717, 1.165) is 11.1 Å². The molecule has 2 aromatic heterocycles. The highest BCUT2D eigenvalue weighted by Gasteiger charge is 2.26. The zero-order valence-corrected chi connectivity index (χ0v) is 18.1. The largest absolute Gasteiger partial charge is 0.336 e. The lowest BCUT2D eigenvalue weighted by Crippen LogP contribution is -2.45. The highest BCUT2D eigenvalue weighted by molar-refractivity contribution is 5.81. The van der Waals surface area contributed by atoms with Crippen LogP contribution in [0.5, 0.6) is 0 Å². The van der Waals surface area contributed by atoms with Crippen LogP contribution in [0.15, 0.2) is 11.0 Å². The molecule has 150 valence electrons. The van der Waals surface area contributed by atoms with Gasteiger partial charge in [-0.1, -0.05) is 13.8 Å². The van der Waals surface area contributed by atoms with Gasteiger partial charge in [-0.3, -0.25) is 14.3 Å². The second-order valence-corrected chi connectivity index (χ2v) is 8.98. The molecule has 7 nitrogen and oxygen atoms in total. The summed E-state index contributed by atoms with van der Waals surface area (Å²) in [5.41, 5.74) is 0.672. The summed E-state index contributed by atoms with van der Waals surface area (Å²) in [7, 11) is 0. The lowest BCUT2D eigenvalue weighted by Gasteiger charge is -2.31. The van der Waals surface area contributed by atoms with E-state index in [1.165, 1.54) is 4.68 Å². The van der Waals surface area contributed by atoms with Crippen molar-refractivity contribution in [1.82, 2.24) is 24.5 Å². The van der Waals surface area contributed by atoms with Gasteiger partial charge in [-0.25, -0.2) is 4.68 Å². The second-order valence-electron chi connectivity index (χ2n) is 8.98. The zero-order chi connectivity index (χ0) is 20.7. The van der Waals surface area contributed by atoms with E-state index < -0.39 is 0 Å². The maximum Gasteiger partial charge on any atom is 0.293 e. The van der Waals surface area contributed by atoms with Crippen LogP contribution in [-0.2, 0) is 16.9 Å². The van der Waals surface area contributed by atoms with Crippen molar-refractivity contribution in [2.45, 2.75) is 92.4 Å². The Labute approximate surface area is 161 Å². The molecule has 7 heteroatoms. The number of hydrogen-bond donors (Lipinski definition) is 0. The maximum atomic E-state index is 13.2. The highest BCUT2D eigenvalue weighted by Crippen LogP contribution is 2.24. The first-order chi connectivity index (χ1) is 12.4. The average molecular weight is 376 g/mol. The molecule has 0 saturated heterocycles. The second kappa shape index (κ2) is 7.44. The van der Waals surface area contributed by atoms with Gasteiger partial charge in [0.25, 0.3) is 5.56 Å². The van der Waals surface area contributed by atoms with Crippen molar-refractivity contribution in [3.05, 3.63) is 22.2 Å². The van der Waals surface area contributed by atoms with Gasteiger partial charge in [-0.15, -0.1) is 0 Å². The molecule has 27 heavy (non-hydrogen) atoms. The van der Waals surface area contributed by atoms with Crippen LogP contribution >= 0.6 is 0 Å². The molecule has 2 aromatic rings. The molecule has 0 fully saturated rings. The number of carbonyl (C=O) groups is 1. The Balaban J connectivity index is 2.66. The molecule has 2 rings (SSSR count). The molecule has 0 atom stereocenters. The van der Waals surface area contributed by atoms with Crippen LogP contribution in [0.1, 0.15) is 73.9 Å².